The molecule has 2 rings (SSSR count). The molecule has 2 amide bonds. The van der Waals surface area contributed by atoms with Crippen molar-refractivity contribution in [3.63, 3.8) is 0 Å². The lowest BCUT2D eigenvalue weighted by Crippen LogP contribution is -2.26. The summed E-state index contributed by atoms with van der Waals surface area (Å²) in [6.45, 7) is 0.697. The highest BCUT2D eigenvalue weighted by Crippen LogP contribution is 2.25. The van der Waals surface area contributed by atoms with Crippen LogP contribution in [-0.2, 0) is 0 Å². The van der Waals surface area contributed by atoms with E-state index in [-0.39, 0.29) is 5.91 Å². The van der Waals surface area contributed by atoms with Gasteiger partial charge in [0.15, 0.2) is 0 Å². The molecule has 0 atom stereocenters. The van der Waals surface area contributed by atoms with Gasteiger partial charge in [0.2, 0.25) is 0 Å². The van der Waals surface area contributed by atoms with E-state index in [0.717, 1.165) is 12.3 Å². The standard InChI is InChI=1S/C16H22N2O3/c19-15(17-11-10-12-4-2-1-3-5-12)13-6-8-14(9-7-13)16(20)18-21/h6-9,12,21H,1-5,10-11H2,(H,17,19)(H,18,20). The number of hydrogen-bond donors (Lipinski definition) is 3. The highest BCUT2D eigenvalue weighted by molar-refractivity contribution is 5.97. The van der Waals surface area contributed by atoms with Crippen molar-refractivity contribution in [2.75, 3.05) is 6.54 Å². The van der Waals surface area contributed by atoms with E-state index in [9.17, 15) is 9.59 Å². The fourth-order valence-corrected chi connectivity index (χ4v) is 2.81. The summed E-state index contributed by atoms with van der Waals surface area (Å²) in [7, 11) is 0. The predicted octanol–water partition coefficient (Wildman–Crippen LogP) is 2.51. The van der Waals surface area contributed by atoms with Crippen molar-refractivity contribution in [3.8, 4) is 0 Å². The van der Waals surface area contributed by atoms with E-state index >= 15 is 0 Å². The van der Waals surface area contributed by atoms with Crippen molar-refractivity contribution in [1.82, 2.24) is 10.8 Å². The van der Waals surface area contributed by atoms with Crippen LogP contribution in [0.4, 0.5) is 0 Å². The number of hydroxylamine groups is 1. The molecular weight excluding hydrogens is 268 g/mol. The van der Waals surface area contributed by atoms with Crippen LogP contribution in [0.15, 0.2) is 24.3 Å². The predicted molar refractivity (Wildman–Crippen MR) is 79.2 cm³/mol. The van der Waals surface area contributed by atoms with Crippen LogP contribution >= 0.6 is 0 Å². The normalized spacial score (nSPS) is 15.5. The first kappa shape index (κ1) is 15.5. The Bertz CT molecular complexity index is 479. The van der Waals surface area contributed by atoms with Crippen LogP contribution in [0, 0.1) is 5.92 Å². The van der Waals surface area contributed by atoms with Gasteiger partial charge in [-0.3, -0.25) is 14.8 Å². The summed E-state index contributed by atoms with van der Waals surface area (Å²) in [6, 6.07) is 6.20. The molecule has 0 unspecified atom stereocenters. The Balaban J connectivity index is 1.78. The van der Waals surface area contributed by atoms with Crippen LogP contribution in [0.1, 0.15) is 59.2 Å². The third kappa shape index (κ3) is 4.56. The second kappa shape index (κ2) is 7.78. The minimum absolute atomic E-state index is 0.123. The number of nitrogens with one attached hydrogen (secondary N) is 2. The van der Waals surface area contributed by atoms with E-state index in [1.54, 1.807) is 17.6 Å². The zero-order chi connectivity index (χ0) is 15.1. The number of carbonyl (C=O) groups is 2. The molecule has 0 bridgehead atoms. The van der Waals surface area contributed by atoms with Crippen LogP contribution in [0.2, 0.25) is 0 Å². The summed E-state index contributed by atoms with van der Waals surface area (Å²) in [5, 5.41) is 11.4. The monoisotopic (exact) mass is 290 g/mol. The van der Waals surface area contributed by atoms with Crippen molar-refractivity contribution in [2.45, 2.75) is 38.5 Å². The molecule has 1 aliphatic carbocycles. The maximum absolute atomic E-state index is 12.0. The fourth-order valence-electron chi connectivity index (χ4n) is 2.81. The molecule has 1 aromatic carbocycles. The van der Waals surface area contributed by atoms with Gasteiger partial charge in [-0.15, -0.1) is 0 Å². The Hall–Kier alpha value is -1.88. The first-order valence-electron chi connectivity index (χ1n) is 7.53. The van der Waals surface area contributed by atoms with Crippen molar-refractivity contribution >= 4 is 11.8 Å². The largest absolute Gasteiger partial charge is 0.352 e. The minimum atomic E-state index is -0.584. The molecule has 3 N–H and O–H groups in total. The van der Waals surface area contributed by atoms with Gasteiger partial charge in [0.05, 0.1) is 0 Å². The van der Waals surface area contributed by atoms with Gasteiger partial charge in [-0.2, -0.15) is 0 Å². The molecule has 1 aliphatic rings. The van der Waals surface area contributed by atoms with E-state index in [1.807, 2.05) is 0 Å². The summed E-state index contributed by atoms with van der Waals surface area (Å²) < 4.78 is 0. The third-order valence-corrected chi connectivity index (χ3v) is 4.07. The van der Waals surface area contributed by atoms with Crippen LogP contribution < -0.4 is 10.8 Å². The molecule has 114 valence electrons. The summed E-state index contributed by atoms with van der Waals surface area (Å²) in [4.78, 5) is 23.2. The molecule has 0 heterocycles. The molecule has 0 aliphatic heterocycles. The van der Waals surface area contributed by atoms with Gasteiger partial charge in [0, 0.05) is 17.7 Å². The minimum Gasteiger partial charge on any atom is -0.352 e. The average molecular weight is 290 g/mol. The Morgan fingerprint density at radius 1 is 1.00 bits per heavy atom. The molecular formula is C16H22N2O3. The van der Waals surface area contributed by atoms with Crippen LogP contribution in [-0.4, -0.2) is 23.6 Å². The SMILES string of the molecule is O=C(NO)c1ccc(C(=O)NCCC2CCCCC2)cc1. The molecule has 5 heteroatoms. The van der Waals surface area contributed by atoms with Crippen molar-refractivity contribution in [1.29, 1.82) is 0 Å². The maximum Gasteiger partial charge on any atom is 0.274 e. The van der Waals surface area contributed by atoms with Gasteiger partial charge in [-0.25, -0.2) is 5.48 Å². The number of benzene rings is 1. The van der Waals surface area contributed by atoms with Crippen LogP contribution in [0.25, 0.3) is 0 Å². The lowest BCUT2D eigenvalue weighted by molar-refractivity contribution is 0.0706. The van der Waals surface area contributed by atoms with E-state index < -0.39 is 5.91 Å². The summed E-state index contributed by atoms with van der Waals surface area (Å²) in [5.41, 5.74) is 2.40. The molecule has 5 nitrogen and oxygen atoms in total. The molecule has 0 spiro atoms. The smallest absolute Gasteiger partial charge is 0.274 e. The summed E-state index contributed by atoms with van der Waals surface area (Å²) in [5.74, 6) is 0.0377. The zero-order valence-electron chi connectivity index (χ0n) is 12.1. The topological polar surface area (TPSA) is 78.4 Å². The van der Waals surface area contributed by atoms with Crippen LogP contribution in [0.5, 0.6) is 0 Å². The Labute approximate surface area is 124 Å². The highest BCUT2D eigenvalue weighted by Gasteiger charge is 2.14. The quantitative estimate of drug-likeness (QED) is 0.576. The average Bonchev–Trinajstić information content (AvgIpc) is 2.55. The van der Waals surface area contributed by atoms with Crippen molar-refractivity contribution in [3.05, 3.63) is 35.4 Å². The van der Waals surface area contributed by atoms with Gasteiger partial charge in [-0.1, -0.05) is 32.1 Å². The van der Waals surface area contributed by atoms with Crippen molar-refractivity contribution < 1.29 is 14.8 Å². The third-order valence-electron chi connectivity index (χ3n) is 4.07. The zero-order valence-corrected chi connectivity index (χ0v) is 12.1. The molecule has 0 saturated heterocycles. The molecule has 21 heavy (non-hydrogen) atoms. The Morgan fingerprint density at radius 3 is 2.14 bits per heavy atom. The van der Waals surface area contributed by atoms with Gasteiger partial charge in [0.1, 0.15) is 0 Å². The van der Waals surface area contributed by atoms with E-state index in [1.165, 1.54) is 44.2 Å². The first-order chi connectivity index (χ1) is 10.2. The van der Waals surface area contributed by atoms with Gasteiger partial charge >= 0.3 is 0 Å². The molecule has 1 aromatic rings. The molecule has 0 aromatic heterocycles. The number of carbonyl (C=O) groups excluding carboxylic acids is 2. The number of hydrogen-bond acceptors (Lipinski definition) is 3. The maximum atomic E-state index is 12.0. The van der Waals surface area contributed by atoms with Crippen LogP contribution in [0.3, 0.4) is 0 Å². The molecule has 1 saturated carbocycles. The molecule has 0 radical (unpaired) electrons. The van der Waals surface area contributed by atoms with Crippen molar-refractivity contribution in [2.24, 2.45) is 5.92 Å². The Morgan fingerprint density at radius 2 is 1.57 bits per heavy atom. The highest BCUT2D eigenvalue weighted by atomic mass is 16.5. The van der Waals surface area contributed by atoms with Gasteiger partial charge < -0.3 is 5.32 Å². The first-order valence-corrected chi connectivity index (χ1v) is 7.53. The van der Waals surface area contributed by atoms with E-state index in [0.29, 0.717) is 17.7 Å². The fraction of sp³-hybridized carbons (Fsp3) is 0.500. The number of amides is 2. The van der Waals surface area contributed by atoms with E-state index in [4.69, 9.17) is 5.21 Å². The second-order valence-electron chi connectivity index (χ2n) is 5.57. The lowest BCUT2D eigenvalue weighted by Gasteiger charge is -2.21. The molecule has 1 fully saturated rings. The summed E-state index contributed by atoms with van der Waals surface area (Å²) >= 11 is 0. The summed E-state index contributed by atoms with van der Waals surface area (Å²) in [6.07, 6.45) is 7.56. The van der Waals surface area contributed by atoms with Gasteiger partial charge in [-0.05, 0) is 36.6 Å². The number of rotatable bonds is 5. The van der Waals surface area contributed by atoms with E-state index in [2.05, 4.69) is 5.32 Å². The lowest BCUT2D eigenvalue weighted by atomic mass is 9.87. The Kier molecular flexibility index (Phi) is 5.75. The van der Waals surface area contributed by atoms with Gasteiger partial charge in [0.25, 0.3) is 11.8 Å². The second-order valence-corrected chi connectivity index (χ2v) is 5.57.